The van der Waals surface area contributed by atoms with Crippen LogP contribution in [0, 0.1) is 0 Å². The molecule has 2 heterocycles. The highest BCUT2D eigenvalue weighted by Gasteiger charge is 2.35. The van der Waals surface area contributed by atoms with Crippen LogP contribution in [0.1, 0.15) is 36.1 Å². The van der Waals surface area contributed by atoms with Crippen LogP contribution in [-0.4, -0.2) is 4.40 Å². The molecule has 0 N–H and O–H groups in total. The van der Waals surface area contributed by atoms with Gasteiger partial charge in [-0.05, 0) is 59.0 Å². The lowest BCUT2D eigenvalue weighted by atomic mass is 9.68. The van der Waals surface area contributed by atoms with E-state index in [-0.39, 0.29) is 16.3 Å². The zero-order chi connectivity index (χ0) is 22.5. The zero-order valence-corrected chi connectivity index (χ0v) is 18.5. The lowest BCUT2D eigenvalue weighted by molar-refractivity contribution is 0.613. The predicted molar refractivity (Wildman–Crippen MR) is 135 cm³/mol. The standard InChI is InChI=1S/C30H21NO2/c1-30(2)22-12-6-3-9-17(22)15-20-23(30)16-21-27-26(20)29(33)19-11-5-8-14-25(19)31(27)24-13-7-4-10-18(24)28(21)32/h3-14,16H,15H2,1-2H3. The van der Waals surface area contributed by atoms with E-state index in [4.69, 9.17) is 0 Å². The van der Waals surface area contributed by atoms with Crippen molar-refractivity contribution in [1.29, 1.82) is 0 Å². The first-order valence-electron chi connectivity index (χ1n) is 11.3. The molecule has 158 valence electrons. The van der Waals surface area contributed by atoms with Gasteiger partial charge in [0, 0.05) is 21.6 Å². The summed E-state index contributed by atoms with van der Waals surface area (Å²) >= 11 is 0. The SMILES string of the molecule is CC1(C)c2ccccc2Cc2c1cc1c(=O)c3ccccc3n3c4ccccc4c(=O)c2c13. The van der Waals surface area contributed by atoms with Crippen molar-refractivity contribution < 1.29 is 0 Å². The van der Waals surface area contributed by atoms with Gasteiger partial charge in [0.15, 0.2) is 10.9 Å². The Morgan fingerprint density at radius 2 is 1.30 bits per heavy atom. The third-order valence-electron chi connectivity index (χ3n) is 7.61. The van der Waals surface area contributed by atoms with Gasteiger partial charge in [0.1, 0.15) is 0 Å². The lowest BCUT2D eigenvalue weighted by Gasteiger charge is -2.36. The number of para-hydroxylation sites is 2. The molecular formula is C30H21NO2. The van der Waals surface area contributed by atoms with Crippen LogP contribution >= 0.6 is 0 Å². The number of hydrogen-bond acceptors (Lipinski definition) is 2. The number of benzene rings is 4. The van der Waals surface area contributed by atoms with E-state index in [0.29, 0.717) is 28.0 Å². The molecule has 1 aliphatic carbocycles. The van der Waals surface area contributed by atoms with E-state index in [9.17, 15) is 9.59 Å². The van der Waals surface area contributed by atoms with Gasteiger partial charge in [-0.25, -0.2) is 0 Å². The summed E-state index contributed by atoms with van der Waals surface area (Å²) in [6.45, 7) is 4.40. The van der Waals surface area contributed by atoms with Crippen molar-refractivity contribution >= 4 is 38.1 Å². The first-order chi connectivity index (χ1) is 16.0. The van der Waals surface area contributed by atoms with Crippen molar-refractivity contribution in [1.82, 2.24) is 4.40 Å². The van der Waals surface area contributed by atoms with Gasteiger partial charge in [0.2, 0.25) is 0 Å². The van der Waals surface area contributed by atoms with Crippen molar-refractivity contribution in [3.05, 3.63) is 122 Å². The van der Waals surface area contributed by atoms with Crippen LogP contribution in [0.5, 0.6) is 0 Å². The fourth-order valence-corrected chi connectivity index (χ4v) is 6.09. The number of hydrogen-bond donors (Lipinski definition) is 0. The largest absolute Gasteiger partial charge is 0.307 e. The van der Waals surface area contributed by atoms with Crippen molar-refractivity contribution in [3.63, 3.8) is 0 Å². The number of rotatable bonds is 0. The van der Waals surface area contributed by atoms with Gasteiger partial charge >= 0.3 is 0 Å². The van der Waals surface area contributed by atoms with Crippen LogP contribution in [0.4, 0.5) is 0 Å². The molecule has 2 aromatic heterocycles. The number of fused-ring (bicyclic) bond motifs is 7. The molecule has 0 spiro atoms. The van der Waals surface area contributed by atoms with E-state index in [1.165, 1.54) is 11.1 Å². The van der Waals surface area contributed by atoms with Crippen molar-refractivity contribution in [2.24, 2.45) is 0 Å². The van der Waals surface area contributed by atoms with Crippen LogP contribution in [0.25, 0.3) is 38.1 Å². The normalized spacial score (nSPS) is 14.7. The van der Waals surface area contributed by atoms with Gasteiger partial charge in [-0.15, -0.1) is 0 Å². The van der Waals surface area contributed by atoms with Crippen LogP contribution in [0.2, 0.25) is 0 Å². The molecule has 3 nitrogen and oxygen atoms in total. The summed E-state index contributed by atoms with van der Waals surface area (Å²) in [5.74, 6) is 0. The maximum absolute atomic E-state index is 14.0. The second kappa shape index (κ2) is 6.08. The van der Waals surface area contributed by atoms with E-state index < -0.39 is 0 Å². The summed E-state index contributed by atoms with van der Waals surface area (Å²) in [6.07, 6.45) is 0.690. The summed E-state index contributed by atoms with van der Waals surface area (Å²) in [5, 5.41) is 2.67. The number of pyridine rings is 2. The molecule has 0 unspecified atom stereocenters. The molecule has 1 aliphatic rings. The molecule has 6 aromatic rings. The number of aromatic nitrogens is 1. The monoisotopic (exact) mass is 427 g/mol. The molecule has 0 saturated carbocycles. The van der Waals surface area contributed by atoms with E-state index in [2.05, 4.69) is 48.6 Å². The maximum atomic E-state index is 14.0. The summed E-state index contributed by atoms with van der Waals surface area (Å²) in [4.78, 5) is 27.8. The third-order valence-corrected chi connectivity index (χ3v) is 7.61. The van der Waals surface area contributed by atoms with Crippen molar-refractivity contribution in [2.45, 2.75) is 25.7 Å². The Labute approximate surface area is 189 Å². The highest BCUT2D eigenvalue weighted by molar-refractivity contribution is 6.09. The summed E-state index contributed by atoms with van der Waals surface area (Å²) in [7, 11) is 0. The fourth-order valence-electron chi connectivity index (χ4n) is 6.09. The molecule has 4 aromatic carbocycles. The van der Waals surface area contributed by atoms with Crippen LogP contribution in [-0.2, 0) is 11.8 Å². The van der Waals surface area contributed by atoms with Gasteiger partial charge in [0.25, 0.3) is 0 Å². The number of nitrogens with zero attached hydrogens (tertiary/aromatic N) is 1. The Morgan fingerprint density at radius 3 is 2.03 bits per heavy atom. The highest BCUT2D eigenvalue weighted by Crippen LogP contribution is 2.44. The molecule has 33 heavy (non-hydrogen) atoms. The molecule has 0 fully saturated rings. The molecule has 0 saturated heterocycles. The molecule has 0 atom stereocenters. The Bertz CT molecular complexity index is 1890. The first-order valence-corrected chi connectivity index (χ1v) is 11.3. The van der Waals surface area contributed by atoms with Crippen LogP contribution < -0.4 is 10.9 Å². The Morgan fingerprint density at radius 1 is 0.697 bits per heavy atom. The topological polar surface area (TPSA) is 38.5 Å². The molecule has 0 bridgehead atoms. The van der Waals surface area contributed by atoms with E-state index in [1.807, 2.05) is 48.5 Å². The molecule has 0 aliphatic heterocycles. The molecule has 0 radical (unpaired) electrons. The minimum Gasteiger partial charge on any atom is -0.307 e. The maximum Gasteiger partial charge on any atom is 0.197 e. The quantitative estimate of drug-likeness (QED) is 0.227. The fraction of sp³-hybridized carbons (Fsp3) is 0.133. The second-order valence-corrected chi connectivity index (χ2v) is 9.66. The van der Waals surface area contributed by atoms with Crippen LogP contribution in [0.15, 0.2) is 88.5 Å². The molecule has 3 heteroatoms. The Hall–Kier alpha value is -3.98. The second-order valence-electron chi connectivity index (χ2n) is 9.66. The smallest absolute Gasteiger partial charge is 0.197 e. The van der Waals surface area contributed by atoms with Gasteiger partial charge < -0.3 is 4.40 Å². The van der Waals surface area contributed by atoms with E-state index in [0.717, 1.165) is 27.7 Å². The van der Waals surface area contributed by atoms with Crippen LogP contribution in [0.3, 0.4) is 0 Å². The Kier molecular flexibility index (Phi) is 3.42. The van der Waals surface area contributed by atoms with Gasteiger partial charge in [-0.2, -0.15) is 0 Å². The van der Waals surface area contributed by atoms with Gasteiger partial charge in [0.05, 0.1) is 21.9 Å². The van der Waals surface area contributed by atoms with Crippen molar-refractivity contribution in [3.8, 4) is 0 Å². The Balaban J connectivity index is 1.84. The van der Waals surface area contributed by atoms with Gasteiger partial charge in [-0.3, -0.25) is 9.59 Å². The summed E-state index contributed by atoms with van der Waals surface area (Å²) in [6, 6.07) is 26.0. The first kappa shape index (κ1) is 18.6. The molecular weight excluding hydrogens is 406 g/mol. The van der Waals surface area contributed by atoms with E-state index >= 15 is 0 Å². The van der Waals surface area contributed by atoms with E-state index in [1.54, 1.807) is 0 Å². The average molecular weight is 428 g/mol. The highest BCUT2D eigenvalue weighted by atomic mass is 16.1. The minimum absolute atomic E-state index is 0.0114. The average Bonchev–Trinajstić information content (AvgIpc) is 2.83. The predicted octanol–water partition coefficient (Wildman–Crippen LogP) is 5.79. The summed E-state index contributed by atoms with van der Waals surface area (Å²) < 4.78 is 2.13. The van der Waals surface area contributed by atoms with Gasteiger partial charge in [-0.1, -0.05) is 62.4 Å². The minimum atomic E-state index is -0.310. The van der Waals surface area contributed by atoms with Crippen molar-refractivity contribution in [2.75, 3.05) is 0 Å². The zero-order valence-electron chi connectivity index (χ0n) is 18.5. The lowest BCUT2D eigenvalue weighted by Crippen LogP contribution is -2.29. The molecule has 0 amide bonds. The molecule has 7 rings (SSSR count). The third kappa shape index (κ3) is 2.19. The summed E-state index contributed by atoms with van der Waals surface area (Å²) in [5.41, 5.74) is 6.74.